The van der Waals surface area contributed by atoms with Crippen LogP contribution in [0.5, 0.6) is 0 Å². The summed E-state index contributed by atoms with van der Waals surface area (Å²) in [5.74, 6) is -2.18. The van der Waals surface area contributed by atoms with Gasteiger partial charge in [-0.1, -0.05) is 32.1 Å². The first kappa shape index (κ1) is 17.8. The SMILES string of the molecule is COC(=O)[C@H](C(C)C)N1C=CC[C@H](N2C(=O)c3ccccc3C2=O)C1=O. The third kappa shape index (κ3) is 2.69. The first-order valence-electron chi connectivity index (χ1n) is 8.42. The van der Waals surface area contributed by atoms with Gasteiger partial charge >= 0.3 is 5.97 Å². The van der Waals surface area contributed by atoms with Gasteiger partial charge in [0.2, 0.25) is 0 Å². The number of hydrogen-bond acceptors (Lipinski definition) is 5. The normalized spacial score (nSPS) is 20.6. The summed E-state index contributed by atoms with van der Waals surface area (Å²) < 4.78 is 4.81. The molecular weight excluding hydrogens is 336 g/mol. The number of amides is 3. The lowest BCUT2D eigenvalue weighted by Gasteiger charge is -2.36. The minimum absolute atomic E-state index is 0.197. The highest BCUT2D eigenvalue weighted by Crippen LogP contribution is 2.29. The van der Waals surface area contributed by atoms with E-state index in [0.717, 1.165) is 4.90 Å². The molecule has 2 aliphatic heterocycles. The van der Waals surface area contributed by atoms with Crippen LogP contribution >= 0.6 is 0 Å². The highest BCUT2D eigenvalue weighted by molar-refractivity contribution is 6.23. The summed E-state index contributed by atoms with van der Waals surface area (Å²) in [7, 11) is 1.26. The molecule has 2 aliphatic rings. The van der Waals surface area contributed by atoms with Crippen LogP contribution in [0, 0.1) is 5.92 Å². The van der Waals surface area contributed by atoms with Gasteiger partial charge in [0.15, 0.2) is 0 Å². The van der Waals surface area contributed by atoms with Crippen molar-refractivity contribution in [2.24, 2.45) is 5.92 Å². The van der Waals surface area contributed by atoms with E-state index >= 15 is 0 Å². The number of hydrogen-bond donors (Lipinski definition) is 0. The Labute approximate surface area is 151 Å². The Morgan fingerprint density at radius 2 is 1.69 bits per heavy atom. The van der Waals surface area contributed by atoms with Gasteiger partial charge in [-0.05, 0) is 24.5 Å². The topological polar surface area (TPSA) is 84.0 Å². The predicted octanol–water partition coefficient (Wildman–Crippen LogP) is 1.59. The number of carbonyl (C=O) groups is 4. The van der Waals surface area contributed by atoms with E-state index in [4.69, 9.17) is 4.74 Å². The molecule has 0 aliphatic carbocycles. The summed E-state index contributed by atoms with van der Waals surface area (Å²) in [6.07, 6.45) is 3.43. The molecule has 2 heterocycles. The van der Waals surface area contributed by atoms with Crippen molar-refractivity contribution in [2.75, 3.05) is 7.11 Å². The average Bonchev–Trinajstić information content (AvgIpc) is 2.88. The van der Waals surface area contributed by atoms with Crippen molar-refractivity contribution in [1.82, 2.24) is 9.80 Å². The van der Waals surface area contributed by atoms with Crippen LogP contribution in [0.1, 0.15) is 41.0 Å². The van der Waals surface area contributed by atoms with Crippen LogP contribution in [0.25, 0.3) is 0 Å². The number of nitrogens with zero attached hydrogens (tertiary/aromatic N) is 2. The van der Waals surface area contributed by atoms with E-state index in [1.54, 1.807) is 44.2 Å². The molecule has 0 bridgehead atoms. The van der Waals surface area contributed by atoms with Crippen molar-refractivity contribution in [3.63, 3.8) is 0 Å². The van der Waals surface area contributed by atoms with Gasteiger partial charge in [-0.15, -0.1) is 0 Å². The smallest absolute Gasteiger partial charge is 0.329 e. The third-order valence-electron chi connectivity index (χ3n) is 4.68. The molecule has 0 saturated carbocycles. The van der Waals surface area contributed by atoms with Gasteiger partial charge in [-0.3, -0.25) is 19.3 Å². The van der Waals surface area contributed by atoms with Gasteiger partial charge in [-0.25, -0.2) is 4.79 Å². The lowest BCUT2D eigenvalue weighted by atomic mass is 9.99. The number of fused-ring (bicyclic) bond motifs is 1. The zero-order valence-corrected chi connectivity index (χ0v) is 14.8. The molecule has 0 spiro atoms. The van der Waals surface area contributed by atoms with Crippen molar-refractivity contribution in [1.29, 1.82) is 0 Å². The quantitative estimate of drug-likeness (QED) is 0.604. The third-order valence-corrected chi connectivity index (χ3v) is 4.68. The largest absolute Gasteiger partial charge is 0.467 e. The number of rotatable bonds is 4. The molecule has 0 N–H and O–H groups in total. The first-order valence-corrected chi connectivity index (χ1v) is 8.42. The summed E-state index contributed by atoms with van der Waals surface area (Å²) in [4.78, 5) is 52.8. The van der Waals surface area contributed by atoms with E-state index in [0.29, 0.717) is 11.1 Å². The van der Waals surface area contributed by atoms with Gasteiger partial charge in [0.25, 0.3) is 17.7 Å². The zero-order valence-electron chi connectivity index (χ0n) is 14.8. The Morgan fingerprint density at radius 3 is 2.19 bits per heavy atom. The van der Waals surface area contributed by atoms with Gasteiger partial charge in [0.1, 0.15) is 12.1 Å². The molecule has 1 aromatic carbocycles. The Bertz CT molecular complexity index is 779. The average molecular weight is 356 g/mol. The first-order chi connectivity index (χ1) is 12.4. The highest BCUT2D eigenvalue weighted by atomic mass is 16.5. The number of imide groups is 1. The van der Waals surface area contributed by atoms with Crippen LogP contribution in [-0.2, 0) is 14.3 Å². The fraction of sp³-hybridized carbons (Fsp3) is 0.368. The Hall–Kier alpha value is -2.96. The molecule has 136 valence electrons. The molecule has 0 aromatic heterocycles. The van der Waals surface area contributed by atoms with Gasteiger partial charge in [0, 0.05) is 6.20 Å². The lowest BCUT2D eigenvalue weighted by molar-refractivity contribution is -0.154. The van der Waals surface area contributed by atoms with E-state index in [1.165, 1.54) is 18.2 Å². The van der Waals surface area contributed by atoms with Crippen LogP contribution in [0.3, 0.4) is 0 Å². The monoisotopic (exact) mass is 356 g/mol. The molecule has 7 heteroatoms. The minimum Gasteiger partial charge on any atom is -0.467 e. The molecule has 7 nitrogen and oxygen atoms in total. The van der Waals surface area contributed by atoms with Crippen LogP contribution in [0.15, 0.2) is 36.5 Å². The van der Waals surface area contributed by atoms with E-state index in [-0.39, 0.29) is 12.3 Å². The molecule has 1 aromatic rings. The fourth-order valence-electron chi connectivity index (χ4n) is 3.41. The summed E-state index contributed by atoms with van der Waals surface area (Å²) >= 11 is 0. The molecular formula is C19H20N2O5. The summed E-state index contributed by atoms with van der Waals surface area (Å²) in [6, 6.07) is 4.70. The summed E-state index contributed by atoms with van der Waals surface area (Å²) in [5, 5.41) is 0. The van der Waals surface area contributed by atoms with Crippen LogP contribution in [0.4, 0.5) is 0 Å². The lowest BCUT2D eigenvalue weighted by Crippen LogP contribution is -2.56. The Morgan fingerprint density at radius 1 is 1.12 bits per heavy atom. The van der Waals surface area contributed by atoms with Crippen molar-refractivity contribution in [3.05, 3.63) is 47.7 Å². The standard InChI is InChI=1S/C19H20N2O5/c1-11(2)15(19(25)26-3)20-10-6-9-14(18(20)24)21-16(22)12-7-4-5-8-13(12)17(21)23/h4-8,10-11,14-15H,9H2,1-3H3/t14-,15-/m0/s1. The maximum atomic E-state index is 13.0. The molecule has 0 saturated heterocycles. The Balaban J connectivity index is 1.93. The van der Waals surface area contributed by atoms with Crippen molar-refractivity contribution >= 4 is 23.7 Å². The number of carbonyl (C=O) groups excluding carboxylic acids is 4. The number of esters is 1. The van der Waals surface area contributed by atoms with E-state index in [2.05, 4.69) is 0 Å². The summed E-state index contributed by atoms with van der Waals surface area (Å²) in [6.45, 7) is 3.60. The van der Waals surface area contributed by atoms with E-state index in [9.17, 15) is 19.2 Å². The van der Waals surface area contributed by atoms with E-state index in [1.807, 2.05) is 0 Å². The predicted molar refractivity (Wildman–Crippen MR) is 92.0 cm³/mol. The molecule has 26 heavy (non-hydrogen) atoms. The molecule has 2 atom stereocenters. The van der Waals surface area contributed by atoms with Crippen molar-refractivity contribution in [3.8, 4) is 0 Å². The number of ether oxygens (including phenoxy) is 1. The number of benzene rings is 1. The summed E-state index contributed by atoms with van der Waals surface area (Å²) in [5.41, 5.74) is 0.583. The van der Waals surface area contributed by atoms with Crippen molar-refractivity contribution < 1.29 is 23.9 Å². The van der Waals surface area contributed by atoms with Crippen LogP contribution in [-0.4, -0.2) is 52.7 Å². The second-order valence-corrected chi connectivity index (χ2v) is 6.62. The zero-order chi connectivity index (χ0) is 19.0. The molecule has 0 unspecified atom stereocenters. The molecule has 3 amide bonds. The van der Waals surface area contributed by atoms with Crippen LogP contribution in [0.2, 0.25) is 0 Å². The molecule has 3 rings (SSSR count). The second-order valence-electron chi connectivity index (χ2n) is 6.62. The van der Waals surface area contributed by atoms with E-state index < -0.39 is 35.8 Å². The van der Waals surface area contributed by atoms with Gasteiger partial charge in [-0.2, -0.15) is 0 Å². The Kier molecular flexibility index (Phi) is 4.63. The maximum absolute atomic E-state index is 13.0. The van der Waals surface area contributed by atoms with Crippen molar-refractivity contribution in [2.45, 2.75) is 32.4 Å². The molecule has 0 radical (unpaired) electrons. The minimum atomic E-state index is -0.974. The van der Waals surface area contributed by atoms with Gasteiger partial charge in [0.05, 0.1) is 18.2 Å². The highest BCUT2D eigenvalue weighted by Gasteiger charge is 2.46. The fourth-order valence-corrected chi connectivity index (χ4v) is 3.41. The second kappa shape index (κ2) is 6.74. The van der Waals surface area contributed by atoms with Crippen LogP contribution < -0.4 is 0 Å². The van der Waals surface area contributed by atoms with Gasteiger partial charge < -0.3 is 9.64 Å². The maximum Gasteiger partial charge on any atom is 0.329 e. The number of methoxy groups -OCH3 is 1. The molecule has 0 fully saturated rings.